The van der Waals surface area contributed by atoms with Crippen molar-refractivity contribution in [2.24, 2.45) is 0 Å². The van der Waals surface area contributed by atoms with Crippen molar-refractivity contribution >= 4 is 39.6 Å². The molecule has 204 valence electrons. The number of amides is 3. The van der Waals surface area contributed by atoms with Gasteiger partial charge in [-0.3, -0.25) is 14.1 Å². The number of likely N-dealkylation sites (tertiary alicyclic amines) is 2. The van der Waals surface area contributed by atoms with Crippen LogP contribution < -0.4 is 5.32 Å². The number of rotatable bonds is 2. The van der Waals surface area contributed by atoms with Gasteiger partial charge >= 0.3 is 6.03 Å². The second-order valence-corrected chi connectivity index (χ2v) is 11.3. The highest BCUT2D eigenvalue weighted by atomic mass is 19.1. The molecule has 7 heterocycles. The smallest absolute Gasteiger partial charge is 0.320 e. The lowest BCUT2D eigenvalue weighted by atomic mass is 9.97. The van der Waals surface area contributed by atoms with E-state index < -0.39 is 18.0 Å². The van der Waals surface area contributed by atoms with Gasteiger partial charge in [0.1, 0.15) is 11.5 Å². The molecular weight excluding hydrogens is 513 g/mol. The lowest BCUT2D eigenvalue weighted by Crippen LogP contribution is -2.52. The molecule has 0 radical (unpaired) electrons. The van der Waals surface area contributed by atoms with Crippen LogP contribution >= 0.6 is 0 Å². The molecule has 3 amide bonds. The molecular formula is C29H28FN7O3. The monoisotopic (exact) mass is 541 g/mol. The minimum Gasteiger partial charge on any atom is -0.369 e. The van der Waals surface area contributed by atoms with E-state index in [1.807, 2.05) is 49.4 Å². The summed E-state index contributed by atoms with van der Waals surface area (Å²) in [4.78, 5) is 37.4. The molecule has 11 heteroatoms. The maximum atomic E-state index is 15.2. The molecule has 2 bridgehead atoms. The van der Waals surface area contributed by atoms with E-state index in [1.54, 1.807) is 6.20 Å². The number of benzene rings is 1. The number of nitrogens with zero attached hydrogens (tertiary/aromatic N) is 6. The van der Waals surface area contributed by atoms with Crippen LogP contribution in [0.5, 0.6) is 0 Å². The van der Waals surface area contributed by atoms with E-state index in [-0.39, 0.29) is 18.6 Å². The van der Waals surface area contributed by atoms with Crippen molar-refractivity contribution in [1.29, 1.82) is 0 Å². The molecule has 4 aromatic rings. The zero-order valence-corrected chi connectivity index (χ0v) is 21.9. The van der Waals surface area contributed by atoms with Gasteiger partial charge in [0.2, 0.25) is 0 Å². The SMILES string of the molecule is CN1CC2CC1CN2C(=O)N1CCn2cc(C3=C(c4cnc5ccccn45)C(O)NC3=O)c3cc(F)cc(c32)C1. The van der Waals surface area contributed by atoms with Crippen LogP contribution in [0.3, 0.4) is 0 Å². The number of hydrogen-bond acceptors (Lipinski definition) is 5. The number of carbonyl (C=O) groups excluding carboxylic acids is 2. The third kappa shape index (κ3) is 3.31. The Kier molecular flexibility index (Phi) is 4.96. The lowest BCUT2D eigenvalue weighted by molar-refractivity contribution is -0.116. The molecule has 4 aliphatic rings. The number of piperazine rings is 1. The Hall–Kier alpha value is -4.22. The van der Waals surface area contributed by atoms with Crippen LogP contribution in [0.4, 0.5) is 9.18 Å². The van der Waals surface area contributed by atoms with Crippen LogP contribution in [0.1, 0.15) is 23.2 Å². The fraction of sp³-hybridized carbons (Fsp3) is 0.345. The van der Waals surface area contributed by atoms with Crippen LogP contribution in [0, 0.1) is 5.82 Å². The van der Waals surface area contributed by atoms with Crippen molar-refractivity contribution in [3.05, 3.63) is 71.6 Å². The molecule has 4 aliphatic heterocycles. The van der Waals surface area contributed by atoms with Gasteiger partial charge < -0.3 is 24.8 Å². The number of aliphatic hydroxyl groups is 1. The van der Waals surface area contributed by atoms with E-state index in [0.717, 1.165) is 25.0 Å². The second-order valence-electron chi connectivity index (χ2n) is 11.3. The maximum absolute atomic E-state index is 15.2. The highest BCUT2D eigenvalue weighted by Gasteiger charge is 2.45. The van der Waals surface area contributed by atoms with Crippen LogP contribution in [0.25, 0.3) is 27.7 Å². The number of likely N-dealkylation sites (N-methyl/N-ethyl adjacent to an activating group) is 1. The van der Waals surface area contributed by atoms with Gasteiger partial charge in [-0.2, -0.15) is 0 Å². The summed E-state index contributed by atoms with van der Waals surface area (Å²) in [5.41, 5.74) is 4.01. The van der Waals surface area contributed by atoms with E-state index >= 15 is 4.39 Å². The summed E-state index contributed by atoms with van der Waals surface area (Å²) < 4.78 is 19.0. The first-order chi connectivity index (χ1) is 19.4. The first kappa shape index (κ1) is 23.6. The summed E-state index contributed by atoms with van der Waals surface area (Å²) >= 11 is 0. The van der Waals surface area contributed by atoms with Crippen molar-refractivity contribution < 1.29 is 19.1 Å². The number of imidazole rings is 1. The number of halogens is 1. The molecule has 2 fully saturated rings. The molecule has 3 unspecified atom stereocenters. The molecule has 3 atom stereocenters. The van der Waals surface area contributed by atoms with Crippen LogP contribution in [-0.4, -0.2) is 90.7 Å². The van der Waals surface area contributed by atoms with E-state index in [9.17, 15) is 14.7 Å². The standard InChI is InChI=1S/C29H28FN7O3/c1-33-13-19-10-18(33)14-37(19)29(40)35-7-6-34-15-21(20-9-17(30)8-16(12-35)26(20)34)24-25(28(39)32-27(24)38)22-11-31-23-4-2-3-5-36(22)23/h2-5,8-9,11,15,18-19,28,39H,6-7,10,12-14H2,1H3,(H,32,38). The largest absolute Gasteiger partial charge is 0.369 e. The second kappa shape index (κ2) is 8.39. The topological polar surface area (TPSA) is 98.3 Å². The van der Waals surface area contributed by atoms with Crippen molar-refractivity contribution in [2.75, 3.05) is 26.7 Å². The van der Waals surface area contributed by atoms with E-state index in [2.05, 4.69) is 22.2 Å². The van der Waals surface area contributed by atoms with Crippen LogP contribution in [0.15, 0.2) is 48.9 Å². The number of fused-ring (bicyclic) bond motifs is 3. The number of pyridine rings is 1. The van der Waals surface area contributed by atoms with Gasteiger partial charge in [0, 0.05) is 73.7 Å². The maximum Gasteiger partial charge on any atom is 0.320 e. The lowest BCUT2D eigenvalue weighted by Gasteiger charge is -2.35. The van der Waals surface area contributed by atoms with Gasteiger partial charge in [0.05, 0.1) is 23.0 Å². The molecule has 1 aromatic carbocycles. The summed E-state index contributed by atoms with van der Waals surface area (Å²) in [6, 6.07) is 9.12. The Balaban J connectivity index is 1.23. The highest BCUT2D eigenvalue weighted by Crippen LogP contribution is 2.40. The number of hydrogen-bond donors (Lipinski definition) is 2. The number of carbonyl (C=O) groups is 2. The molecule has 8 rings (SSSR count). The Morgan fingerprint density at radius 3 is 2.85 bits per heavy atom. The zero-order chi connectivity index (χ0) is 27.3. The minimum atomic E-state index is -1.23. The molecule has 10 nitrogen and oxygen atoms in total. The summed E-state index contributed by atoms with van der Waals surface area (Å²) in [6.07, 6.45) is 5.08. The molecule has 2 saturated heterocycles. The third-order valence-corrected chi connectivity index (χ3v) is 9.02. The predicted molar refractivity (Wildman–Crippen MR) is 145 cm³/mol. The van der Waals surface area contributed by atoms with Gasteiger partial charge in [0.25, 0.3) is 5.91 Å². The number of nitrogens with one attached hydrogen (secondary N) is 1. The van der Waals surface area contributed by atoms with Crippen molar-refractivity contribution in [1.82, 2.24) is 34.0 Å². The zero-order valence-electron chi connectivity index (χ0n) is 21.9. The number of urea groups is 1. The molecule has 0 aliphatic carbocycles. The Bertz CT molecular complexity index is 1770. The summed E-state index contributed by atoms with van der Waals surface area (Å²) in [5.74, 6) is -0.866. The average Bonchev–Trinajstić information content (AvgIpc) is 3.72. The van der Waals surface area contributed by atoms with Crippen LogP contribution in [-0.2, 0) is 17.9 Å². The minimum absolute atomic E-state index is 0.000106. The summed E-state index contributed by atoms with van der Waals surface area (Å²) in [5, 5.41) is 14.1. The van der Waals surface area contributed by atoms with Crippen molar-refractivity contribution in [2.45, 2.75) is 37.8 Å². The predicted octanol–water partition coefficient (Wildman–Crippen LogP) is 2.11. The Morgan fingerprint density at radius 1 is 1.18 bits per heavy atom. The third-order valence-electron chi connectivity index (χ3n) is 9.02. The number of aliphatic hydroxyl groups excluding tert-OH is 1. The number of aromatic nitrogens is 3. The Labute approximate surface area is 228 Å². The normalized spacial score (nSPS) is 24.6. The van der Waals surface area contributed by atoms with Gasteiger partial charge in [-0.1, -0.05) is 6.07 Å². The van der Waals surface area contributed by atoms with E-state index in [4.69, 9.17) is 0 Å². The fourth-order valence-corrected chi connectivity index (χ4v) is 7.14. The Morgan fingerprint density at radius 2 is 2.05 bits per heavy atom. The van der Waals surface area contributed by atoms with Gasteiger partial charge in [-0.15, -0.1) is 0 Å². The molecule has 0 spiro atoms. The van der Waals surface area contributed by atoms with E-state index in [0.29, 0.717) is 58.1 Å². The van der Waals surface area contributed by atoms with E-state index in [1.165, 1.54) is 12.1 Å². The first-order valence-electron chi connectivity index (χ1n) is 13.6. The fourth-order valence-electron chi connectivity index (χ4n) is 7.14. The van der Waals surface area contributed by atoms with Gasteiger partial charge in [0.15, 0.2) is 6.23 Å². The summed E-state index contributed by atoms with van der Waals surface area (Å²) in [7, 11) is 2.10. The molecule has 0 saturated carbocycles. The average molecular weight is 542 g/mol. The molecule has 40 heavy (non-hydrogen) atoms. The molecule has 3 aromatic heterocycles. The van der Waals surface area contributed by atoms with Crippen LogP contribution in [0.2, 0.25) is 0 Å². The quantitative estimate of drug-likeness (QED) is 0.405. The first-order valence-corrected chi connectivity index (χ1v) is 13.6. The van der Waals surface area contributed by atoms with Crippen molar-refractivity contribution in [3.8, 4) is 0 Å². The molecule has 2 N–H and O–H groups in total. The van der Waals surface area contributed by atoms with Gasteiger partial charge in [-0.05, 0) is 43.3 Å². The highest BCUT2D eigenvalue weighted by molar-refractivity contribution is 6.32. The van der Waals surface area contributed by atoms with Gasteiger partial charge in [-0.25, -0.2) is 14.2 Å². The summed E-state index contributed by atoms with van der Waals surface area (Å²) in [6.45, 7) is 2.87. The van der Waals surface area contributed by atoms with Crippen molar-refractivity contribution in [3.63, 3.8) is 0 Å².